The summed E-state index contributed by atoms with van der Waals surface area (Å²) in [7, 11) is 1.33. The number of methoxy groups -OCH3 is 1. The molecule has 0 bridgehead atoms. The van der Waals surface area contributed by atoms with E-state index >= 15 is 0 Å². The molecule has 0 unspecified atom stereocenters. The maximum atomic E-state index is 11.9. The van der Waals surface area contributed by atoms with Gasteiger partial charge in [0.2, 0.25) is 11.0 Å². The first-order valence-corrected chi connectivity index (χ1v) is 9.07. The molecule has 0 amide bonds. The molecular weight excluding hydrogens is 364 g/mol. The van der Waals surface area contributed by atoms with E-state index in [9.17, 15) is 4.79 Å². The summed E-state index contributed by atoms with van der Waals surface area (Å²) in [5.74, 6) is 0.965. The van der Waals surface area contributed by atoms with Crippen LogP contribution >= 0.6 is 11.5 Å². The van der Waals surface area contributed by atoms with Gasteiger partial charge in [-0.15, -0.1) is 0 Å². The Morgan fingerprint density at radius 3 is 2.63 bits per heavy atom. The van der Waals surface area contributed by atoms with Crippen molar-refractivity contribution in [3.8, 4) is 11.6 Å². The number of aromatic nitrogens is 3. The number of nitrogens with one attached hydrogen (secondary N) is 1. The van der Waals surface area contributed by atoms with Crippen LogP contribution in [0.1, 0.15) is 37.0 Å². The highest BCUT2D eigenvalue weighted by atomic mass is 32.1. The molecule has 0 aliphatic carbocycles. The van der Waals surface area contributed by atoms with Gasteiger partial charge < -0.3 is 14.8 Å². The molecule has 1 aromatic carbocycles. The number of esters is 1. The van der Waals surface area contributed by atoms with E-state index in [1.165, 1.54) is 18.6 Å². The number of rotatable bonds is 5. The number of hydrogen-bond acceptors (Lipinski definition) is 8. The first-order chi connectivity index (χ1) is 12.9. The molecule has 0 aliphatic heterocycles. The Morgan fingerprint density at radius 1 is 1.15 bits per heavy atom. The fraction of sp³-hybridized carbons (Fsp3) is 0.263. The third-order valence-corrected chi connectivity index (χ3v) is 4.24. The topological polar surface area (TPSA) is 86.2 Å². The zero-order chi connectivity index (χ0) is 19.4. The maximum absolute atomic E-state index is 11.9. The predicted molar refractivity (Wildman–Crippen MR) is 104 cm³/mol. The van der Waals surface area contributed by atoms with Crippen LogP contribution in [0.5, 0.6) is 11.6 Å². The van der Waals surface area contributed by atoms with Crippen LogP contribution in [0.4, 0.5) is 10.8 Å². The fourth-order valence-corrected chi connectivity index (χ4v) is 2.97. The number of nitrogens with zero attached hydrogens (tertiary/aromatic N) is 3. The van der Waals surface area contributed by atoms with Crippen molar-refractivity contribution in [2.24, 2.45) is 0 Å². The number of hydrogen-bond donors (Lipinski definition) is 1. The van der Waals surface area contributed by atoms with Crippen molar-refractivity contribution in [1.29, 1.82) is 0 Å². The third kappa shape index (κ3) is 4.40. The van der Waals surface area contributed by atoms with E-state index in [0.29, 0.717) is 28.0 Å². The van der Waals surface area contributed by atoms with Crippen molar-refractivity contribution in [3.05, 3.63) is 54.0 Å². The summed E-state index contributed by atoms with van der Waals surface area (Å²) in [4.78, 5) is 20.7. The molecule has 3 aromatic rings. The van der Waals surface area contributed by atoms with Crippen LogP contribution < -0.4 is 10.1 Å². The summed E-state index contributed by atoms with van der Waals surface area (Å²) >= 11 is 1.27. The zero-order valence-corrected chi connectivity index (χ0v) is 16.3. The van der Waals surface area contributed by atoms with Crippen LogP contribution in [0.25, 0.3) is 0 Å². The van der Waals surface area contributed by atoms with E-state index in [1.807, 2.05) is 6.07 Å². The molecule has 0 spiro atoms. The summed E-state index contributed by atoms with van der Waals surface area (Å²) < 4.78 is 15.1. The molecule has 3 rings (SSSR count). The standard InChI is InChI=1S/C19H20N4O3S/c1-19(2,3)17-22-18(27-23-17)21-13-9-7-11-20-15(13)26-14-10-6-5-8-12(14)16(24)25-4/h5-11H,1-4H3,(H,21,22,23). The van der Waals surface area contributed by atoms with Gasteiger partial charge in [0, 0.05) is 23.1 Å². The van der Waals surface area contributed by atoms with Gasteiger partial charge in [0.25, 0.3) is 0 Å². The van der Waals surface area contributed by atoms with Gasteiger partial charge in [0.15, 0.2) is 0 Å². The molecule has 2 heterocycles. The summed E-state index contributed by atoms with van der Waals surface area (Å²) in [5, 5.41) is 3.83. The number of pyridine rings is 1. The van der Waals surface area contributed by atoms with Gasteiger partial charge in [-0.1, -0.05) is 32.9 Å². The second-order valence-electron chi connectivity index (χ2n) is 6.74. The lowest BCUT2D eigenvalue weighted by Crippen LogP contribution is -2.13. The normalized spacial score (nSPS) is 11.1. The molecule has 0 radical (unpaired) electrons. The predicted octanol–water partition coefficient (Wildman–Crippen LogP) is 4.55. The van der Waals surface area contributed by atoms with Crippen molar-refractivity contribution in [1.82, 2.24) is 14.3 Å². The largest absolute Gasteiger partial charge is 0.465 e. The van der Waals surface area contributed by atoms with Crippen LogP contribution in [0.15, 0.2) is 42.6 Å². The summed E-state index contributed by atoms with van der Waals surface area (Å²) in [5.41, 5.74) is 0.806. The van der Waals surface area contributed by atoms with Crippen molar-refractivity contribution in [2.45, 2.75) is 26.2 Å². The van der Waals surface area contributed by atoms with Crippen molar-refractivity contribution < 1.29 is 14.3 Å². The maximum Gasteiger partial charge on any atom is 0.341 e. The Labute approximate surface area is 161 Å². The minimum atomic E-state index is -0.477. The second kappa shape index (κ2) is 7.71. The van der Waals surface area contributed by atoms with E-state index in [2.05, 4.69) is 40.4 Å². The molecule has 1 N–H and O–H groups in total. The van der Waals surface area contributed by atoms with Crippen LogP contribution in [0, 0.1) is 0 Å². The average Bonchev–Trinajstić information content (AvgIpc) is 3.12. The van der Waals surface area contributed by atoms with Gasteiger partial charge in [-0.25, -0.2) is 14.8 Å². The number of para-hydroxylation sites is 1. The Hall–Kier alpha value is -3.00. The Balaban J connectivity index is 1.87. The zero-order valence-electron chi connectivity index (χ0n) is 15.5. The number of anilines is 2. The van der Waals surface area contributed by atoms with Crippen LogP contribution in [0.3, 0.4) is 0 Å². The van der Waals surface area contributed by atoms with Crippen LogP contribution in [-0.2, 0) is 10.2 Å². The third-order valence-electron chi connectivity index (χ3n) is 3.61. The lowest BCUT2D eigenvalue weighted by Gasteiger charge is -2.13. The van der Waals surface area contributed by atoms with Gasteiger partial charge in [-0.3, -0.25) is 0 Å². The highest BCUT2D eigenvalue weighted by molar-refractivity contribution is 7.09. The number of carbonyl (C=O) groups excluding carboxylic acids is 1. The van der Waals surface area contributed by atoms with Gasteiger partial charge in [-0.2, -0.15) is 4.37 Å². The molecule has 27 heavy (non-hydrogen) atoms. The van der Waals surface area contributed by atoms with Gasteiger partial charge in [0.1, 0.15) is 22.8 Å². The molecule has 0 atom stereocenters. The van der Waals surface area contributed by atoms with Gasteiger partial charge in [0.05, 0.1) is 7.11 Å². The van der Waals surface area contributed by atoms with Crippen LogP contribution in [0.2, 0.25) is 0 Å². The number of carbonyl (C=O) groups is 1. The molecule has 0 fully saturated rings. The molecule has 2 aromatic heterocycles. The molecule has 0 saturated heterocycles. The highest BCUT2D eigenvalue weighted by Gasteiger charge is 2.20. The molecule has 8 heteroatoms. The fourth-order valence-electron chi connectivity index (χ4n) is 2.20. The minimum Gasteiger partial charge on any atom is -0.465 e. The summed E-state index contributed by atoms with van der Waals surface area (Å²) in [6.07, 6.45) is 1.61. The van der Waals surface area contributed by atoms with Crippen LogP contribution in [-0.4, -0.2) is 27.4 Å². The highest BCUT2D eigenvalue weighted by Crippen LogP contribution is 2.32. The lowest BCUT2D eigenvalue weighted by molar-refractivity contribution is 0.0598. The molecule has 0 saturated carbocycles. The van der Waals surface area contributed by atoms with Crippen molar-refractivity contribution in [3.63, 3.8) is 0 Å². The van der Waals surface area contributed by atoms with E-state index in [-0.39, 0.29) is 5.41 Å². The Morgan fingerprint density at radius 2 is 1.93 bits per heavy atom. The van der Waals surface area contributed by atoms with Gasteiger partial charge >= 0.3 is 5.97 Å². The second-order valence-corrected chi connectivity index (χ2v) is 7.50. The van der Waals surface area contributed by atoms with Gasteiger partial charge in [-0.05, 0) is 24.3 Å². The first kappa shape index (κ1) is 18.8. The van der Waals surface area contributed by atoms with E-state index in [0.717, 1.165) is 5.82 Å². The Kier molecular flexibility index (Phi) is 5.36. The minimum absolute atomic E-state index is 0.135. The van der Waals surface area contributed by atoms with E-state index < -0.39 is 5.97 Å². The molecule has 0 aliphatic rings. The summed E-state index contributed by atoms with van der Waals surface area (Å²) in [6, 6.07) is 10.4. The Bertz CT molecular complexity index is 950. The van der Waals surface area contributed by atoms with E-state index in [1.54, 1.807) is 36.5 Å². The lowest BCUT2D eigenvalue weighted by atomic mass is 9.96. The number of benzene rings is 1. The van der Waals surface area contributed by atoms with Crippen molar-refractivity contribution in [2.75, 3.05) is 12.4 Å². The first-order valence-electron chi connectivity index (χ1n) is 8.30. The average molecular weight is 384 g/mol. The number of ether oxygens (including phenoxy) is 2. The monoisotopic (exact) mass is 384 g/mol. The SMILES string of the molecule is COC(=O)c1ccccc1Oc1ncccc1Nc1nc(C(C)(C)C)ns1. The van der Waals surface area contributed by atoms with E-state index in [4.69, 9.17) is 9.47 Å². The molecular formula is C19H20N4O3S. The molecule has 140 valence electrons. The smallest absolute Gasteiger partial charge is 0.341 e. The summed E-state index contributed by atoms with van der Waals surface area (Å²) in [6.45, 7) is 6.17. The van der Waals surface area contributed by atoms with Crippen molar-refractivity contribution >= 4 is 28.3 Å². The quantitative estimate of drug-likeness (QED) is 0.646. The molecule has 7 nitrogen and oxygen atoms in total.